The van der Waals surface area contributed by atoms with E-state index in [0.717, 1.165) is 66.9 Å². The number of aromatic nitrogens is 9. The van der Waals surface area contributed by atoms with Crippen LogP contribution in [0.15, 0.2) is 250 Å². The fraction of sp³-hybridized carbons (Fsp3) is 0.123. The van der Waals surface area contributed by atoms with Crippen LogP contribution in [-0.2, 0) is 0 Å². The molecule has 3 aromatic carbocycles. The number of pyridine rings is 9. The summed E-state index contributed by atoms with van der Waals surface area (Å²) in [6.45, 7) is 16.0. The molecule has 12 aromatic rings. The second kappa shape index (κ2) is 31.9. The van der Waals surface area contributed by atoms with Gasteiger partial charge in [-0.25, -0.2) is 0 Å². The zero-order valence-corrected chi connectivity index (χ0v) is 43.7. The van der Waals surface area contributed by atoms with Crippen molar-refractivity contribution in [1.29, 1.82) is 0 Å². The van der Waals surface area contributed by atoms with E-state index in [1.807, 2.05) is 220 Å². The lowest BCUT2D eigenvalue weighted by Crippen LogP contribution is -1.88. The van der Waals surface area contributed by atoms with E-state index in [1.54, 1.807) is 24.8 Å². The van der Waals surface area contributed by atoms with Crippen LogP contribution >= 0.6 is 0 Å². The topological polar surface area (TPSA) is 116 Å². The molecule has 0 saturated carbocycles. The molecule has 0 spiro atoms. The normalized spacial score (nSPS) is 9.62. The Hall–Kier alpha value is -9.21. The smallest absolute Gasteiger partial charge is 0.0892 e. The highest BCUT2D eigenvalue weighted by Gasteiger charge is 2.05. The van der Waals surface area contributed by atoms with Crippen LogP contribution in [0.25, 0.3) is 88.6 Å². The van der Waals surface area contributed by atoms with Crippen LogP contribution in [0.3, 0.4) is 0 Å². The molecule has 74 heavy (non-hydrogen) atoms. The van der Waals surface area contributed by atoms with Crippen LogP contribution in [0.1, 0.15) is 55.4 Å². The van der Waals surface area contributed by atoms with E-state index >= 15 is 0 Å². The quantitative estimate of drug-likeness (QED) is 0.166. The first-order valence-corrected chi connectivity index (χ1v) is 25.3. The summed E-state index contributed by atoms with van der Waals surface area (Å²) in [7, 11) is 0. The Morgan fingerprint density at radius 1 is 0.230 bits per heavy atom. The second-order valence-electron chi connectivity index (χ2n) is 14.8. The molecule has 0 unspecified atom stereocenters. The fourth-order valence-corrected chi connectivity index (χ4v) is 7.22. The van der Waals surface area contributed by atoms with Crippen LogP contribution < -0.4 is 0 Å². The van der Waals surface area contributed by atoms with Gasteiger partial charge in [0, 0.05) is 119 Å². The summed E-state index contributed by atoms with van der Waals surface area (Å²) in [5.41, 5.74) is 10.3. The lowest BCUT2D eigenvalue weighted by atomic mass is 10.0. The highest BCUT2D eigenvalue weighted by molar-refractivity contribution is 5.95. The third-order valence-electron chi connectivity index (χ3n) is 10.5. The maximum atomic E-state index is 4.34. The van der Waals surface area contributed by atoms with Crippen molar-refractivity contribution < 1.29 is 0 Å². The minimum atomic E-state index is 0.860. The first-order chi connectivity index (χ1) is 36.7. The predicted molar refractivity (Wildman–Crippen MR) is 311 cm³/mol. The van der Waals surface area contributed by atoms with Gasteiger partial charge in [0.05, 0.1) is 28.5 Å². The van der Waals surface area contributed by atoms with E-state index in [9.17, 15) is 0 Å². The summed E-state index contributed by atoms with van der Waals surface area (Å²) in [5, 5.41) is 7.06. The number of nitrogens with zero attached hydrogens (tertiary/aromatic N) is 9. The first kappa shape index (κ1) is 55.7. The molecule has 0 bridgehead atoms. The molecule has 0 amide bonds. The molecule has 0 aliphatic heterocycles. The zero-order valence-electron chi connectivity index (χ0n) is 43.7. The number of hydrogen-bond donors (Lipinski definition) is 0. The highest BCUT2D eigenvalue weighted by atomic mass is 14.8. The molecule has 0 atom stereocenters. The fourth-order valence-electron chi connectivity index (χ4n) is 7.22. The molecule has 9 nitrogen and oxygen atoms in total. The summed E-state index contributed by atoms with van der Waals surface area (Å²) >= 11 is 0. The van der Waals surface area contributed by atoms with Crippen LogP contribution in [0, 0.1) is 0 Å². The number of rotatable bonds is 5. The van der Waals surface area contributed by atoms with Gasteiger partial charge in [0.15, 0.2) is 0 Å². The number of hydrogen-bond acceptors (Lipinski definition) is 9. The number of benzene rings is 3. The van der Waals surface area contributed by atoms with E-state index in [2.05, 4.69) is 106 Å². The van der Waals surface area contributed by atoms with Crippen LogP contribution in [0.4, 0.5) is 0 Å². The first-order valence-electron chi connectivity index (χ1n) is 25.3. The summed E-state index contributed by atoms with van der Waals surface area (Å²) < 4.78 is 0. The average Bonchev–Trinajstić information content (AvgIpc) is 3.52. The second-order valence-corrected chi connectivity index (χ2v) is 14.8. The maximum Gasteiger partial charge on any atom is 0.0892 e. The largest absolute Gasteiger partial charge is 0.264 e. The van der Waals surface area contributed by atoms with Gasteiger partial charge in [0.2, 0.25) is 0 Å². The molecule has 0 fully saturated rings. The van der Waals surface area contributed by atoms with Gasteiger partial charge in [-0.15, -0.1) is 0 Å². The average molecular weight is 972 g/mol. The van der Waals surface area contributed by atoms with E-state index < -0.39 is 0 Å². The Kier molecular flexibility index (Phi) is 24.0. The van der Waals surface area contributed by atoms with Gasteiger partial charge < -0.3 is 0 Å². The minimum Gasteiger partial charge on any atom is -0.264 e. The molecule has 9 aromatic heterocycles. The van der Waals surface area contributed by atoms with Gasteiger partial charge >= 0.3 is 0 Å². The lowest BCUT2D eigenvalue weighted by molar-refractivity contribution is 1.24. The van der Waals surface area contributed by atoms with E-state index in [-0.39, 0.29) is 0 Å². The van der Waals surface area contributed by atoms with Crippen molar-refractivity contribution >= 4 is 32.3 Å². The Bertz CT molecular complexity index is 3230. The zero-order chi connectivity index (χ0) is 52.6. The lowest BCUT2D eigenvalue weighted by Gasteiger charge is -2.05. The highest BCUT2D eigenvalue weighted by Crippen LogP contribution is 2.28. The molecular weight excluding hydrogens is 907 g/mol. The molecule has 0 aliphatic rings. The van der Waals surface area contributed by atoms with Crippen LogP contribution in [-0.4, -0.2) is 44.9 Å². The number of fused-ring (bicyclic) bond motifs is 3. The van der Waals surface area contributed by atoms with Gasteiger partial charge in [-0.05, 0) is 119 Å². The minimum absolute atomic E-state index is 0.860. The van der Waals surface area contributed by atoms with Gasteiger partial charge in [0.1, 0.15) is 0 Å². The predicted octanol–water partition coefficient (Wildman–Crippen LogP) is 17.2. The van der Waals surface area contributed by atoms with Crippen molar-refractivity contribution in [3.8, 4) is 56.3 Å². The molecule has 9 heteroatoms. The SMILES string of the molecule is CC.CC.CC.CC.c1ccc(-c2ccc3ccncc3c2)nc1.c1ccc(-c2ccc3cnccc3c2)nc1.c1ccc(-c2ccnc(-c3ccccn3)c2)nc1.c1cncc(-c2cccc3ccncc23)c1. The molecule has 0 saturated heterocycles. The van der Waals surface area contributed by atoms with Crippen molar-refractivity contribution in [3.05, 3.63) is 250 Å². The molecule has 9 heterocycles. The van der Waals surface area contributed by atoms with Gasteiger partial charge in [-0.2, -0.15) is 0 Å². The van der Waals surface area contributed by atoms with Crippen molar-refractivity contribution in [3.63, 3.8) is 0 Å². The van der Waals surface area contributed by atoms with Gasteiger partial charge in [0.25, 0.3) is 0 Å². The molecule has 12 rings (SSSR count). The molecule has 370 valence electrons. The van der Waals surface area contributed by atoms with E-state index in [4.69, 9.17) is 0 Å². The Morgan fingerprint density at radius 2 is 0.703 bits per heavy atom. The van der Waals surface area contributed by atoms with E-state index in [1.165, 1.54) is 21.7 Å². The van der Waals surface area contributed by atoms with Crippen LogP contribution in [0.2, 0.25) is 0 Å². The Morgan fingerprint density at radius 3 is 1.26 bits per heavy atom. The molecular formula is C65H65N9. The molecule has 0 aliphatic carbocycles. The van der Waals surface area contributed by atoms with Crippen molar-refractivity contribution in [1.82, 2.24) is 44.9 Å². The third kappa shape index (κ3) is 16.2. The summed E-state index contributed by atoms with van der Waals surface area (Å²) in [4.78, 5) is 38.2. The van der Waals surface area contributed by atoms with E-state index in [0.29, 0.717) is 0 Å². The third-order valence-corrected chi connectivity index (χ3v) is 10.5. The molecule has 0 radical (unpaired) electrons. The van der Waals surface area contributed by atoms with Crippen LogP contribution in [0.5, 0.6) is 0 Å². The van der Waals surface area contributed by atoms with Crippen molar-refractivity contribution in [2.24, 2.45) is 0 Å². The monoisotopic (exact) mass is 972 g/mol. The van der Waals surface area contributed by atoms with Gasteiger partial charge in [-0.1, -0.05) is 128 Å². The Labute approximate surface area is 437 Å². The summed E-state index contributed by atoms with van der Waals surface area (Å²) in [5.74, 6) is 0. The van der Waals surface area contributed by atoms with Gasteiger partial charge in [-0.3, -0.25) is 44.9 Å². The molecule has 0 N–H and O–H groups in total. The maximum absolute atomic E-state index is 4.34. The van der Waals surface area contributed by atoms with Crippen molar-refractivity contribution in [2.75, 3.05) is 0 Å². The standard InChI is InChI=1S/C15H11N3.3C14H10N2.4C2H6/c1-3-8-16-13(5-1)12-7-10-18-15(11-12)14-6-2-4-9-17-14;1-3-11-6-8-16-10-14(11)13(5-1)12-4-2-7-15-9-12;1-2-7-16-14(3-1)12-4-5-13-10-15-8-6-11(13)9-12;1-2-7-16-14(3-1)12-5-4-11-6-8-15-10-13(11)9-12;4*1-2/h1-11H;3*1-10H;4*1-2H3. The van der Waals surface area contributed by atoms with Crippen molar-refractivity contribution in [2.45, 2.75) is 55.4 Å². The Balaban J connectivity index is 0.000000175. The summed E-state index contributed by atoms with van der Waals surface area (Å²) in [6, 6.07) is 56.4. The summed E-state index contributed by atoms with van der Waals surface area (Å²) in [6.07, 6.45) is 23.7.